The molecule has 1 saturated heterocycles. The van der Waals surface area contributed by atoms with E-state index >= 15 is 0 Å². The standard InChI is InChI=1S/C19H26OSi/c1-3-14-21-15-12-18(13-16-21)7-5-4-6-17-8-10-19(20-2)11-9-17/h5,7-11,18,21H,3,12-16H2,1-2H3/b7-5+/t18-,21-. The number of rotatable bonds is 4. The summed E-state index contributed by atoms with van der Waals surface area (Å²) in [6.07, 6.45) is 8.57. The van der Waals surface area contributed by atoms with E-state index < -0.39 is 0 Å². The van der Waals surface area contributed by atoms with Crippen LogP contribution in [0.2, 0.25) is 18.1 Å². The summed E-state index contributed by atoms with van der Waals surface area (Å²) in [5.41, 5.74) is 1.04. The van der Waals surface area contributed by atoms with Gasteiger partial charge in [0.05, 0.1) is 7.11 Å². The van der Waals surface area contributed by atoms with Gasteiger partial charge in [-0.2, -0.15) is 0 Å². The van der Waals surface area contributed by atoms with Crippen molar-refractivity contribution in [3.63, 3.8) is 0 Å². The van der Waals surface area contributed by atoms with Crippen LogP contribution in [0.3, 0.4) is 0 Å². The second kappa shape index (κ2) is 8.74. The lowest BCUT2D eigenvalue weighted by atomic mass is 10.0. The van der Waals surface area contributed by atoms with Crippen LogP contribution in [0.25, 0.3) is 0 Å². The number of methoxy groups -OCH3 is 1. The molecule has 0 bridgehead atoms. The van der Waals surface area contributed by atoms with Gasteiger partial charge >= 0.3 is 0 Å². The molecule has 0 amide bonds. The van der Waals surface area contributed by atoms with Crippen LogP contribution in [0.4, 0.5) is 0 Å². The largest absolute Gasteiger partial charge is 0.497 e. The van der Waals surface area contributed by atoms with Crippen LogP contribution in [0.1, 0.15) is 31.7 Å². The van der Waals surface area contributed by atoms with Crippen LogP contribution >= 0.6 is 0 Å². The molecule has 112 valence electrons. The minimum absolute atomic E-state index is 0.345. The highest BCUT2D eigenvalue weighted by Crippen LogP contribution is 2.28. The minimum Gasteiger partial charge on any atom is -0.497 e. The summed E-state index contributed by atoms with van der Waals surface area (Å²) in [6, 6.07) is 12.5. The van der Waals surface area contributed by atoms with Gasteiger partial charge in [0.1, 0.15) is 5.75 Å². The SMILES string of the molecule is CCC[Si@H]1CC[C@H](/C=C/C#Cc2ccc(OC)cc2)CC1. The first-order chi connectivity index (χ1) is 10.3. The second-order valence-electron chi connectivity index (χ2n) is 5.93. The van der Waals surface area contributed by atoms with Gasteiger partial charge in [-0.05, 0) is 49.1 Å². The minimum atomic E-state index is -0.345. The van der Waals surface area contributed by atoms with E-state index in [1.54, 1.807) is 13.2 Å². The van der Waals surface area contributed by atoms with E-state index in [-0.39, 0.29) is 8.80 Å². The maximum atomic E-state index is 5.14. The number of ether oxygens (including phenoxy) is 1. The second-order valence-corrected chi connectivity index (χ2v) is 9.39. The average molecular weight is 299 g/mol. The van der Waals surface area contributed by atoms with Crippen LogP contribution in [0, 0.1) is 17.8 Å². The Balaban J connectivity index is 1.79. The Morgan fingerprint density at radius 2 is 1.95 bits per heavy atom. The predicted molar refractivity (Wildman–Crippen MR) is 93.6 cm³/mol. The molecule has 0 atom stereocenters. The topological polar surface area (TPSA) is 9.23 Å². The van der Waals surface area contributed by atoms with Crippen molar-refractivity contribution in [1.29, 1.82) is 0 Å². The molecule has 1 fully saturated rings. The zero-order valence-corrected chi connectivity index (χ0v) is 14.4. The smallest absolute Gasteiger partial charge is 0.118 e. The fourth-order valence-electron chi connectivity index (χ4n) is 3.06. The molecule has 1 nitrogen and oxygen atoms in total. The molecule has 2 rings (SSSR count). The number of benzene rings is 1. The summed E-state index contributed by atoms with van der Waals surface area (Å²) in [5.74, 6) is 8.00. The lowest BCUT2D eigenvalue weighted by molar-refractivity contribution is 0.415. The Labute approximate surface area is 131 Å². The number of allylic oxidation sites excluding steroid dienone is 2. The zero-order valence-electron chi connectivity index (χ0n) is 13.3. The van der Waals surface area contributed by atoms with E-state index in [2.05, 4.69) is 30.9 Å². The monoisotopic (exact) mass is 298 g/mol. The van der Waals surface area contributed by atoms with Gasteiger partial charge in [-0.3, -0.25) is 0 Å². The fraction of sp³-hybridized carbons (Fsp3) is 0.474. The molecule has 0 aromatic heterocycles. The van der Waals surface area contributed by atoms with E-state index in [0.717, 1.165) is 17.2 Å². The highest BCUT2D eigenvalue weighted by atomic mass is 28.3. The van der Waals surface area contributed by atoms with E-state index in [1.165, 1.54) is 31.4 Å². The predicted octanol–water partition coefficient (Wildman–Crippen LogP) is 4.65. The van der Waals surface area contributed by atoms with Gasteiger partial charge in [0.15, 0.2) is 0 Å². The quantitative estimate of drug-likeness (QED) is 0.581. The van der Waals surface area contributed by atoms with E-state index in [9.17, 15) is 0 Å². The van der Waals surface area contributed by atoms with Crippen LogP contribution in [-0.4, -0.2) is 15.9 Å². The first-order valence-corrected chi connectivity index (χ1v) is 10.6. The Morgan fingerprint density at radius 1 is 1.24 bits per heavy atom. The van der Waals surface area contributed by atoms with Crippen molar-refractivity contribution in [3.05, 3.63) is 42.0 Å². The Kier molecular flexibility index (Phi) is 6.63. The summed E-state index contributed by atoms with van der Waals surface area (Å²) >= 11 is 0. The molecule has 0 saturated carbocycles. The summed E-state index contributed by atoms with van der Waals surface area (Å²) < 4.78 is 5.14. The maximum Gasteiger partial charge on any atom is 0.118 e. The van der Waals surface area contributed by atoms with Crippen molar-refractivity contribution in [2.24, 2.45) is 5.92 Å². The molecule has 1 aromatic rings. The summed E-state index contributed by atoms with van der Waals surface area (Å²) in [4.78, 5) is 0. The molecular weight excluding hydrogens is 272 g/mol. The average Bonchev–Trinajstić information content (AvgIpc) is 2.54. The summed E-state index contributed by atoms with van der Waals surface area (Å²) in [6.45, 7) is 2.33. The summed E-state index contributed by atoms with van der Waals surface area (Å²) in [5, 5.41) is 0. The van der Waals surface area contributed by atoms with E-state index in [4.69, 9.17) is 4.74 Å². The lowest BCUT2D eigenvalue weighted by Crippen LogP contribution is -2.19. The van der Waals surface area contributed by atoms with Crippen molar-refractivity contribution >= 4 is 8.80 Å². The highest BCUT2D eigenvalue weighted by molar-refractivity contribution is 6.58. The van der Waals surface area contributed by atoms with Crippen LogP contribution in [-0.2, 0) is 0 Å². The lowest BCUT2D eigenvalue weighted by Gasteiger charge is -2.25. The van der Waals surface area contributed by atoms with E-state index in [1.807, 2.05) is 24.3 Å². The van der Waals surface area contributed by atoms with Gasteiger partial charge in [0.2, 0.25) is 0 Å². The Hall–Kier alpha value is -1.46. The van der Waals surface area contributed by atoms with Gasteiger partial charge in [0.25, 0.3) is 0 Å². The van der Waals surface area contributed by atoms with Gasteiger partial charge in [-0.15, -0.1) is 0 Å². The molecule has 1 aliphatic rings. The fourth-order valence-corrected chi connectivity index (χ4v) is 6.54. The third kappa shape index (κ3) is 5.44. The van der Waals surface area contributed by atoms with Gasteiger partial charge in [-0.1, -0.05) is 49.4 Å². The zero-order chi connectivity index (χ0) is 14.9. The van der Waals surface area contributed by atoms with Crippen molar-refractivity contribution in [1.82, 2.24) is 0 Å². The molecule has 1 aliphatic heterocycles. The number of hydrogen-bond donors (Lipinski definition) is 0. The van der Waals surface area contributed by atoms with Crippen molar-refractivity contribution < 1.29 is 4.74 Å². The normalized spacial score (nSPS) is 21.8. The Morgan fingerprint density at radius 3 is 2.57 bits per heavy atom. The summed E-state index contributed by atoms with van der Waals surface area (Å²) in [7, 11) is 1.34. The molecule has 0 spiro atoms. The molecule has 0 N–H and O–H groups in total. The van der Waals surface area contributed by atoms with E-state index in [0.29, 0.717) is 0 Å². The van der Waals surface area contributed by atoms with Gasteiger partial charge < -0.3 is 4.74 Å². The molecule has 0 radical (unpaired) electrons. The first-order valence-electron chi connectivity index (χ1n) is 8.14. The molecule has 0 unspecified atom stereocenters. The maximum absolute atomic E-state index is 5.14. The van der Waals surface area contributed by atoms with Crippen molar-refractivity contribution in [2.45, 2.75) is 44.3 Å². The van der Waals surface area contributed by atoms with Crippen molar-refractivity contribution in [2.75, 3.05) is 7.11 Å². The molecule has 1 heterocycles. The third-order valence-electron chi connectivity index (χ3n) is 4.35. The number of hydrogen-bond acceptors (Lipinski definition) is 1. The van der Waals surface area contributed by atoms with Gasteiger partial charge in [-0.25, -0.2) is 0 Å². The Bertz CT molecular complexity index is 499. The molecular formula is C19H26OSi. The molecule has 21 heavy (non-hydrogen) atoms. The van der Waals surface area contributed by atoms with Crippen LogP contribution < -0.4 is 4.74 Å². The first kappa shape index (κ1) is 15.9. The third-order valence-corrected chi connectivity index (χ3v) is 8.04. The molecule has 0 aliphatic carbocycles. The molecule has 2 heteroatoms. The molecule has 1 aromatic carbocycles. The highest BCUT2D eigenvalue weighted by Gasteiger charge is 2.19. The van der Waals surface area contributed by atoms with Gasteiger partial charge in [0, 0.05) is 14.4 Å². The van der Waals surface area contributed by atoms with Crippen LogP contribution in [0.5, 0.6) is 5.75 Å². The van der Waals surface area contributed by atoms with Crippen molar-refractivity contribution in [3.8, 4) is 17.6 Å². The van der Waals surface area contributed by atoms with Crippen LogP contribution in [0.15, 0.2) is 36.4 Å².